The van der Waals surface area contributed by atoms with E-state index in [-0.39, 0.29) is 39.5 Å². The number of nitrogens with one attached hydrogen (secondary N) is 1. The molecule has 2 bridgehead atoms. The normalized spacial score (nSPS) is 24.1. The maximum absolute atomic E-state index is 16.9. The third-order valence-electron chi connectivity index (χ3n) is 11.1. The standard InChI is InChI=1S/C37H38F2N6O4/c1-2-26-29(38)6-3-22-15-25(46)16-27(30(22)26)32-31(39)33-28(17-40-32)34(45-18-23-4-5-24(19-45)41-23)43-35(42-33)47-21-36(7-8-36)20-44-11-9-37(10-12-44)48-13-14-49-37/h1,3,6,15-17,23-24,41,46H,4-5,7-14,18-21H2. The number of aromatic nitrogens is 3. The van der Waals surface area contributed by atoms with Gasteiger partial charge in [0, 0.05) is 80.2 Å². The molecule has 5 aliphatic rings. The Kier molecular flexibility index (Phi) is 7.39. The lowest BCUT2D eigenvalue weighted by molar-refractivity contribution is -0.186. The van der Waals surface area contributed by atoms with Crippen molar-refractivity contribution in [1.29, 1.82) is 0 Å². The molecule has 4 aliphatic heterocycles. The predicted octanol–water partition coefficient (Wildman–Crippen LogP) is 4.75. The number of terminal acetylenes is 1. The SMILES string of the molecule is C#Cc1c(F)ccc2cc(O)cc(-c3ncc4c(N5CC6CCC(C5)N6)nc(OCC5(CN6CCC7(CC6)OCCO7)CC5)nc4c3F)c12. The second-order valence-corrected chi connectivity index (χ2v) is 14.4. The molecule has 2 atom stereocenters. The van der Waals surface area contributed by atoms with E-state index in [9.17, 15) is 9.50 Å². The molecule has 2 unspecified atom stereocenters. The largest absolute Gasteiger partial charge is 0.508 e. The molecule has 254 valence electrons. The van der Waals surface area contributed by atoms with Crippen LogP contribution in [0.5, 0.6) is 11.8 Å². The van der Waals surface area contributed by atoms with Gasteiger partial charge < -0.3 is 34.4 Å². The summed E-state index contributed by atoms with van der Waals surface area (Å²) in [6.07, 6.45) is 13.2. The van der Waals surface area contributed by atoms with E-state index in [0.29, 0.717) is 53.9 Å². The molecule has 6 heterocycles. The number of benzene rings is 2. The van der Waals surface area contributed by atoms with E-state index >= 15 is 4.39 Å². The van der Waals surface area contributed by atoms with E-state index in [4.69, 9.17) is 25.6 Å². The topological polar surface area (TPSA) is 105 Å². The molecule has 5 fully saturated rings. The summed E-state index contributed by atoms with van der Waals surface area (Å²) < 4.78 is 49.9. The number of hydrogen-bond acceptors (Lipinski definition) is 10. The highest BCUT2D eigenvalue weighted by Crippen LogP contribution is 2.48. The minimum absolute atomic E-state index is 0.0212. The molecular weight excluding hydrogens is 630 g/mol. The Bertz CT molecular complexity index is 1990. The van der Waals surface area contributed by atoms with Gasteiger partial charge in [-0.05, 0) is 49.3 Å². The molecule has 1 aliphatic carbocycles. The Balaban J connectivity index is 1.07. The third-order valence-corrected chi connectivity index (χ3v) is 11.1. The number of phenols is 1. The van der Waals surface area contributed by atoms with Gasteiger partial charge in [-0.25, -0.2) is 8.78 Å². The van der Waals surface area contributed by atoms with Gasteiger partial charge in [0.2, 0.25) is 0 Å². The maximum Gasteiger partial charge on any atom is 0.319 e. The smallest absolute Gasteiger partial charge is 0.319 e. The first kappa shape index (κ1) is 30.9. The summed E-state index contributed by atoms with van der Waals surface area (Å²) in [5.74, 6) is 1.10. The molecule has 0 amide bonds. The number of piperidine rings is 1. The minimum atomic E-state index is -0.719. The molecule has 2 N–H and O–H groups in total. The fraction of sp³-hybridized carbons (Fsp3) is 0.486. The van der Waals surface area contributed by atoms with Gasteiger partial charge in [-0.1, -0.05) is 12.0 Å². The second kappa shape index (κ2) is 11.7. The van der Waals surface area contributed by atoms with Crippen LogP contribution in [0.4, 0.5) is 14.6 Å². The highest BCUT2D eigenvalue weighted by atomic mass is 19.1. The molecule has 4 saturated heterocycles. The number of ether oxygens (including phenoxy) is 3. The molecular formula is C37H38F2N6O4. The number of pyridine rings is 1. The average molecular weight is 669 g/mol. The van der Waals surface area contributed by atoms with E-state index in [1.807, 2.05) is 0 Å². The van der Waals surface area contributed by atoms with Crippen molar-refractivity contribution in [3.63, 3.8) is 0 Å². The highest BCUT2D eigenvalue weighted by molar-refractivity contribution is 6.03. The van der Waals surface area contributed by atoms with Crippen molar-refractivity contribution in [1.82, 2.24) is 25.2 Å². The summed E-state index contributed by atoms with van der Waals surface area (Å²) in [4.78, 5) is 18.7. The Morgan fingerprint density at radius 3 is 2.51 bits per heavy atom. The van der Waals surface area contributed by atoms with Crippen LogP contribution >= 0.6 is 0 Å². The zero-order valence-electron chi connectivity index (χ0n) is 27.2. The van der Waals surface area contributed by atoms with Gasteiger partial charge in [0.25, 0.3) is 0 Å². The Morgan fingerprint density at radius 2 is 1.80 bits per heavy atom. The van der Waals surface area contributed by atoms with E-state index in [0.717, 1.165) is 71.2 Å². The zero-order chi connectivity index (χ0) is 33.3. The molecule has 1 saturated carbocycles. The highest BCUT2D eigenvalue weighted by Gasteiger charge is 2.47. The van der Waals surface area contributed by atoms with Crippen LogP contribution in [0.1, 0.15) is 44.1 Å². The number of piperazine rings is 1. The third kappa shape index (κ3) is 5.53. The molecule has 1 spiro atoms. The summed E-state index contributed by atoms with van der Waals surface area (Å²) in [5.41, 5.74) is 0.0851. The fourth-order valence-electron chi connectivity index (χ4n) is 8.29. The molecule has 49 heavy (non-hydrogen) atoms. The molecule has 4 aromatic rings. The first-order valence-electron chi connectivity index (χ1n) is 17.2. The van der Waals surface area contributed by atoms with Gasteiger partial charge in [-0.2, -0.15) is 9.97 Å². The summed E-state index contributed by atoms with van der Waals surface area (Å²) in [7, 11) is 0. The van der Waals surface area contributed by atoms with Crippen LogP contribution in [0.2, 0.25) is 0 Å². The number of nitrogens with zero attached hydrogens (tertiary/aromatic N) is 5. The summed E-state index contributed by atoms with van der Waals surface area (Å²) in [6.45, 7) is 5.89. The van der Waals surface area contributed by atoms with Crippen molar-refractivity contribution in [2.75, 3.05) is 57.4 Å². The Hall–Kier alpha value is -4.15. The number of phenolic OH excluding ortho intramolecular Hbond substituents is 1. The lowest BCUT2D eigenvalue weighted by Crippen LogP contribution is -2.51. The van der Waals surface area contributed by atoms with Gasteiger partial charge in [0.05, 0.1) is 30.8 Å². The van der Waals surface area contributed by atoms with E-state index in [2.05, 4.69) is 31.0 Å². The van der Waals surface area contributed by atoms with E-state index < -0.39 is 17.4 Å². The van der Waals surface area contributed by atoms with Gasteiger partial charge in [-0.3, -0.25) is 4.98 Å². The van der Waals surface area contributed by atoms with Crippen molar-refractivity contribution in [3.05, 3.63) is 47.7 Å². The van der Waals surface area contributed by atoms with Crippen LogP contribution in [0.3, 0.4) is 0 Å². The zero-order valence-corrected chi connectivity index (χ0v) is 27.2. The van der Waals surface area contributed by atoms with Crippen LogP contribution < -0.4 is 15.0 Å². The number of halogens is 2. The first-order valence-corrected chi connectivity index (χ1v) is 17.2. The molecule has 0 radical (unpaired) electrons. The van der Waals surface area contributed by atoms with E-state index in [1.165, 1.54) is 24.3 Å². The van der Waals surface area contributed by atoms with Crippen molar-refractivity contribution < 1.29 is 28.1 Å². The number of aromatic hydroxyl groups is 1. The monoisotopic (exact) mass is 668 g/mol. The molecule has 12 heteroatoms. The summed E-state index contributed by atoms with van der Waals surface area (Å²) >= 11 is 0. The molecule has 9 rings (SSSR count). The Morgan fingerprint density at radius 1 is 1.04 bits per heavy atom. The maximum atomic E-state index is 16.9. The number of likely N-dealkylation sites (tertiary alicyclic amines) is 1. The molecule has 10 nitrogen and oxygen atoms in total. The van der Waals surface area contributed by atoms with Crippen LogP contribution in [-0.4, -0.2) is 95.4 Å². The number of anilines is 1. The van der Waals surface area contributed by atoms with Crippen LogP contribution in [0.25, 0.3) is 32.9 Å². The van der Waals surface area contributed by atoms with E-state index in [1.54, 1.807) is 6.20 Å². The van der Waals surface area contributed by atoms with Crippen molar-refractivity contribution >= 4 is 27.5 Å². The lowest BCUT2D eigenvalue weighted by Gasteiger charge is -2.39. The van der Waals surface area contributed by atoms with Gasteiger partial charge in [-0.15, -0.1) is 6.42 Å². The fourth-order valence-corrected chi connectivity index (χ4v) is 8.29. The summed E-state index contributed by atoms with van der Waals surface area (Å²) in [5, 5.41) is 15.4. The minimum Gasteiger partial charge on any atom is -0.508 e. The van der Waals surface area contributed by atoms with Crippen molar-refractivity contribution in [2.45, 2.75) is 56.4 Å². The summed E-state index contributed by atoms with van der Waals surface area (Å²) in [6, 6.07) is 6.31. The lowest BCUT2D eigenvalue weighted by atomic mass is 9.96. The number of hydrogen-bond donors (Lipinski definition) is 2. The quantitative estimate of drug-likeness (QED) is 0.268. The number of fused-ring (bicyclic) bond motifs is 4. The van der Waals surface area contributed by atoms with Gasteiger partial charge in [0.15, 0.2) is 11.6 Å². The van der Waals surface area contributed by atoms with Crippen LogP contribution in [-0.2, 0) is 9.47 Å². The van der Waals surface area contributed by atoms with Crippen LogP contribution in [0.15, 0.2) is 30.5 Å². The predicted molar refractivity (Wildman–Crippen MR) is 179 cm³/mol. The first-order chi connectivity index (χ1) is 23.8. The van der Waals surface area contributed by atoms with Gasteiger partial charge in [0.1, 0.15) is 28.6 Å². The average Bonchev–Trinajstić information content (AvgIpc) is 3.58. The van der Waals surface area contributed by atoms with Crippen LogP contribution in [0, 0.1) is 29.4 Å². The number of rotatable bonds is 7. The van der Waals surface area contributed by atoms with Crippen molar-refractivity contribution in [3.8, 4) is 35.4 Å². The molecule has 2 aromatic carbocycles. The second-order valence-electron chi connectivity index (χ2n) is 14.4. The van der Waals surface area contributed by atoms with Gasteiger partial charge >= 0.3 is 6.01 Å². The van der Waals surface area contributed by atoms with Crippen molar-refractivity contribution in [2.24, 2.45) is 5.41 Å². The Labute approximate surface area is 282 Å². The molecule has 2 aromatic heterocycles.